The number of hydrogen-bond acceptors (Lipinski definition) is 4. The van der Waals surface area contributed by atoms with E-state index in [4.69, 9.17) is 9.47 Å². The largest absolute Gasteiger partial charge is 0.497 e. The zero-order chi connectivity index (χ0) is 26.7. The molecule has 3 atom stereocenters. The van der Waals surface area contributed by atoms with Gasteiger partial charge >= 0.3 is 0 Å². The lowest BCUT2D eigenvalue weighted by molar-refractivity contribution is -0.143. The van der Waals surface area contributed by atoms with Crippen LogP contribution >= 0.6 is 0 Å². The molecule has 0 radical (unpaired) electrons. The molecule has 2 aliphatic carbocycles. The van der Waals surface area contributed by atoms with Gasteiger partial charge in [0.25, 0.3) is 0 Å². The van der Waals surface area contributed by atoms with Crippen LogP contribution in [0.5, 0.6) is 11.5 Å². The predicted octanol–water partition coefficient (Wildman–Crippen LogP) is 5.39. The summed E-state index contributed by atoms with van der Waals surface area (Å²) in [4.78, 5) is 28.4. The van der Waals surface area contributed by atoms with Crippen LogP contribution in [0.15, 0.2) is 66.7 Å². The fraction of sp³-hybridized carbons (Fsp3) is 0.355. The lowest BCUT2D eigenvalue weighted by Gasteiger charge is -2.50. The zero-order valence-electron chi connectivity index (χ0n) is 21.8. The SMILES string of the molecule is COc1ccc(NC(=O)[C@]2(N(C=O)Cc3ccccc3F)CC[C@H]3Cc4ccccc4C[C@H]3C2)c(OC)c1. The Kier molecular flexibility index (Phi) is 7.36. The van der Waals surface area contributed by atoms with Gasteiger partial charge in [0.1, 0.15) is 22.9 Å². The van der Waals surface area contributed by atoms with Crippen molar-refractivity contribution in [2.45, 2.75) is 44.2 Å². The van der Waals surface area contributed by atoms with Crippen molar-refractivity contribution in [1.82, 2.24) is 4.90 Å². The number of methoxy groups -OCH3 is 2. The second-order valence-corrected chi connectivity index (χ2v) is 10.3. The minimum absolute atomic E-state index is 0.0112. The van der Waals surface area contributed by atoms with Crippen LogP contribution < -0.4 is 14.8 Å². The van der Waals surface area contributed by atoms with E-state index in [9.17, 15) is 14.0 Å². The summed E-state index contributed by atoms with van der Waals surface area (Å²) in [7, 11) is 3.09. The number of fused-ring (bicyclic) bond motifs is 2. The van der Waals surface area contributed by atoms with Crippen LogP contribution in [0.25, 0.3) is 0 Å². The molecule has 3 aromatic rings. The van der Waals surface area contributed by atoms with Crippen molar-refractivity contribution in [2.24, 2.45) is 11.8 Å². The number of halogens is 1. The third-order valence-corrected chi connectivity index (χ3v) is 8.33. The Balaban J connectivity index is 1.50. The van der Waals surface area contributed by atoms with Crippen LogP contribution in [-0.4, -0.2) is 37.0 Å². The van der Waals surface area contributed by atoms with E-state index in [1.807, 2.05) is 6.07 Å². The molecule has 0 heterocycles. The van der Waals surface area contributed by atoms with Gasteiger partial charge in [-0.1, -0.05) is 42.5 Å². The van der Waals surface area contributed by atoms with Gasteiger partial charge in [0.05, 0.1) is 19.9 Å². The first kappa shape index (κ1) is 25.8. The average molecular weight is 517 g/mol. The summed E-state index contributed by atoms with van der Waals surface area (Å²) in [5, 5.41) is 3.04. The van der Waals surface area contributed by atoms with Gasteiger partial charge in [-0.25, -0.2) is 4.39 Å². The van der Waals surface area contributed by atoms with Crippen molar-refractivity contribution < 1.29 is 23.5 Å². The van der Waals surface area contributed by atoms with E-state index < -0.39 is 11.4 Å². The van der Waals surface area contributed by atoms with Crippen molar-refractivity contribution in [3.8, 4) is 11.5 Å². The average Bonchev–Trinajstić information content (AvgIpc) is 2.95. The summed E-state index contributed by atoms with van der Waals surface area (Å²) in [6, 6.07) is 20.0. The van der Waals surface area contributed by atoms with Crippen LogP contribution in [0.1, 0.15) is 36.0 Å². The number of amides is 2. The van der Waals surface area contributed by atoms with E-state index in [-0.39, 0.29) is 18.4 Å². The molecule has 1 fully saturated rings. The van der Waals surface area contributed by atoms with E-state index in [2.05, 4.69) is 23.5 Å². The van der Waals surface area contributed by atoms with E-state index in [0.29, 0.717) is 47.9 Å². The first-order valence-corrected chi connectivity index (χ1v) is 13.0. The molecule has 3 aromatic carbocycles. The minimum Gasteiger partial charge on any atom is -0.497 e. The fourth-order valence-corrected chi connectivity index (χ4v) is 6.23. The van der Waals surface area contributed by atoms with Gasteiger partial charge in [0.2, 0.25) is 12.3 Å². The number of carbonyl (C=O) groups excluding carboxylic acids is 2. The maximum absolute atomic E-state index is 14.7. The highest BCUT2D eigenvalue weighted by Gasteiger charge is 2.51. The Labute approximate surface area is 222 Å². The smallest absolute Gasteiger partial charge is 0.250 e. The minimum atomic E-state index is -1.14. The molecule has 198 valence electrons. The number of rotatable bonds is 8. The monoisotopic (exact) mass is 516 g/mol. The lowest BCUT2D eigenvalue weighted by atomic mass is 9.62. The van der Waals surface area contributed by atoms with E-state index in [1.54, 1.807) is 43.5 Å². The number of hydrogen-bond donors (Lipinski definition) is 1. The van der Waals surface area contributed by atoms with Crippen molar-refractivity contribution >= 4 is 18.0 Å². The molecule has 1 N–H and O–H groups in total. The maximum Gasteiger partial charge on any atom is 0.250 e. The van der Waals surface area contributed by atoms with Crippen LogP contribution in [0, 0.1) is 17.7 Å². The molecule has 5 rings (SSSR count). The highest BCUT2D eigenvalue weighted by Crippen LogP contribution is 2.47. The molecule has 0 aromatic heterocycles. The fourth-order valence-electron chi connectivity index (χ4n) is 6.23. The van der Waals surface area contributed by atoms with Gasteiger partial charge in [-0.2, -0.15) is 0 Å². The number of anilines is 1. The van der Waals surface area contributed by atoms with E-state index >= 15 is 0 Å². The van der Waals surface area contributed by atoms with Crippen molar-refractivity contribution in [2.75, 3.05) is 19.5 Å². The van der Waals surface area contributed by atoms with Gasteiger partial charge in [-0.05, 0) is 73.3 Å². The molecule has 2 aliphatic rings. The molecule has 0 spiro atoms. The standard InChI is InChI=1S/C31H33FN2O4/c1-37-26-11-12-28(29(17-26)38-2)33-30(36)31(34(20-35)19-24-9-5-6-10-27(24)32)14-13-23-15-21-7-3-4-8-22(21)16-25(23)18-31/h3-12,17,20,23,25H,13-16,18-19H2,1-2H3,(H,33,36)/t23-,25-,31-/m0/s1. The van der Waals surface area contributed by atoms with Crippen LogP contribution in [0.3, 0.4) is 0 Å². The van der Waals surface area contributed by atoms with E-state index in [0.717, 1.165) is 19.3 Å². The Morgan fingerprint density at radius 2 is 1.74 bits per heavy atom. The first-order valence-electron chi connectivity index (χ1n) is 13.0. The predicted molar refractivity (Wildman–Crippen MR) is 144 cm³/mol. The molecule has 2 amide bonds. The topological polar surface area (TPSA) is 67.9 Å². The summed E-state index contributed by atoms with van der Waals surface area (Å²) in [5.74, 6) is 1.03. The zero-order valence-corrected chi connectivity index (χ0v) is 21.8. The van der Waals surface area contributed by atoms with Gasteiger partial charge in [0, 0.05) is 18.2 Å². The molecule has 7 heteroatoms. The Bertz CT molecular complexity index is 1330. The first-order chi connectivity index (χ1) is 18.5. The molecular formula is C31H33FN2O4. The summed E-state index contributed by atoms with van der Waals surface area (Å²) in [6.45, 7) is 0.0112. The van der Waals surface area contributed by atoms with Gasteiger partial charge < -0.3 is 19.7 Å². The lowest BCUT2D eigenvalue weighted by Crippen LogP contribution is -2.60. The number of nitrogens with zero attached hydrogens (tertiary/aromatic N) is 1. The third-order valence-electron chi connectivity index (χ3n) is 8.33. The second-order valence-electron chi connectivity index (χ2n) is 10.3. The summed E-state index contributed by atoms with van der Waals surface area (Å²) in [6.07, 6.45) is 4.33. The number of ether oxygens (including phenoxy) is 2. The number of benzene rings is 3. The summed E-state index contributed by atoms with van der Waals surface area (Å²) < 4.78 is 25.5. The normalized spacial score (nSPS) is 22.0. The molecule has 1 saturated carbocycles. The Hall–Kier alpha value is -3.87. The summed E-state index contributed by atoms with van der Waals surface area (Å²) >= 11 is 0. The molecule has 6 nitrogen and oxygen atoms in total. The molecule has 0 bridgehead atoms. The van der Waals surface area contributed by atoms with E-state index in [1.165, 1.54) is 29.2 Å². The highest BCUT2D eigenvalue weighted by atomic mass is 19.1. The molecule has 0 unspecified atom stereocenters. The highest BCUT2D eigenvalue weighted by molar-refractivity contribution is 6.00. The Morgan fingerprint density at radius 1 is 1.03 bits per heavy atom. The van der Waals surface area contributed by atoms with Gasteiger partial charge in [-0.3, -0.25) is 9.59 Å². The molecule has 0 saturated heterocycles. The third kappa shape index (κ3) is 4.85. The number of carbonyl (C=O) groups is 2. The van der Waals surface area contributed by atoms with Gasteiger partial charge in [-0.15, -0.1) is 0 Å². The van der Waals surface area contributed by atoms with Crippen LogP contribution in [0.2, 0.25) is 0 Å². The quantitative estimate of drug-likeness (QED) is 0.408. The van der Waals surface area contributed by atoms with Crippen LogP contribution in [-0.2, 0) is 29.0 Å². The van der Waals surface area contributed by atoms with Crippen molar-refractivity contribution in [3.63, 3.8) is 0 Å². The second kappa shape index (κ2) is 10.9. The molecule has 38 heavy (non-hydrogen) atoms. The van der Waals surface area contributed by atoms with Gasteiger partial charge in [0.15, 0.2) is 0 Å². The Morgan fingerprint density at radius 3 is 2.42 bits per heavy atom. The van der Waals surface area contributed by atoms with Crippen molar-refractivity contribution in [3.05, 3.63) is 89.2 Å². The molecule has 0 aliphatic heterocycles. The van der Waals surface area contributed by atoms with Crippen molar-refractivity contribution in [1.29, 1.82) is 0 Å². The summed E-state index contributed by atoms with van der Waals surface area (Å²) in [5.41, 5.74) is 2.40. The van der Waals surface area contributed by atoms with Crippen LogP contribution in [0.4, 0.5) is 10.1 Å². The molecular weight excluding hydrogens is 483 g/mol. The number of nitrogens with one attached hydrogen (secondary N) is 1. The maximum atomic E-state index is 14.7.